The fourth-order valence-corrected chi connectivity index (χ4v) is 2.81. The summed E-state index contributed by atoms with van der Waals surface area (Å²) in [6.45, 7) is 9.31. The van der Waals surface area contributed by atoms with Gasteiger partial charge in [-0.2, -0.15) is 0 Å². The van der Waals surface area contributed by atoms with Gasteiger partial charge >= 0.3 is 0 Å². The Kier molecular flexibility index (Phi) is 9.03. The van der Waals surface area contributed by atoms with Crippen molar-refractivity contribution >= 4 is 23.5 Å². The van der Waals surface area contributed by atoms with Crippen LogP contribution < -0.4 is 21.7 Å². The van der Waals surface area contributed by atoms with Gasteiger partial charge in [0.1, 0.15) is 11.6 Å². The smallest absolute Gasteiger partial charge is 0.243 e. The Morgan fingerprint density at radius 3 is 1.93 bits per heavy atom. The number of carbonyl (C=O) groups is 4. The third kappa shape index (κ3) is 7.93. The number of epoxide rings is 1. The van der Waals surface area contributed by atoms with E-state index in [2.05, 4.69) is 16.0 Å². The molecule has 9 heteroatoms. The minimum atomic E-state index is -0.828. The molecule has 0 saturated carbocycles. The number of nitrogens with two attached hydrogens (primary N) is 1. The lowest BCUT2D eigenvalue weighted by molar-refractivity contribution is -0.132. The van der Waals surface area contributed by atoms with Crippen molar-refractivity contribution in [2.75, 3.05) is 19.7 Å². The molecule has 0 radical (unpaired) electrons. The summed E-state index contributed by atoms with van der Waals surface area (Å²) in [5.41, 5.74) is 4.46. The van der Waals surface area contributed by atoms with Crippen LogP contribution in [0.2, 0.25) is 0 Å². The third-order valence-electron chi connectivity index (χ3n) is 4.42. The Morgan fingerprint density at radius 2 is 1.46 bits per heavy atom. The Bertz CT molecular complexity index is 587. The first-order chi connectivity index (χ1) is 13.0. The molecule has 1 aliphatic heterocycles. The Labute approximate surface area is 166 Å². The lowest BCUT2D eigenvalue weighted by Crippen LogP contribution is -2.53. The number of ether oxygens (including phenoxy) is 1. The largest absolute Gasteiger partial charge is 0.361 e. The molecule has 1 rings (SSSR count). The van der Waals surface area contributed by atoms with E-state index in [1.807, 2.05) is 27.7 Å². The van der Waals surface area contributed by atoms with Crippen LogP contribution in [0.5, 0.6) is 0 Å². The van der Waals surface area contributed by atoms with E-state index < -0.39 is 35.4 Å². The second kappa shape index (κ2) is 10.5. The molecule has 0 aromatic rings. The molecule has 0 bridgehead atoms. The van der Waals surface area contributed by atoms with E-state index in [-0.39, 0.29) is 30.7 Å². The van der Waals surface area contributed by atoms with E-state index >= 15 is 0 Å². The molecule has 160 valence electrons. The molecule has 0 aromatic carbocycles. The summed E-state index contributed by atoms with van der Waals surface area (Å²) in [6, 6.07) is -1.43. The first kappa shape index (κ1) is 24.0. The number of hydrogen-bond donors (Lipinski definition) is 4. The van der Waals surface area contributed by atoms with E-state index in [0.717, 1.165) is 0 Å². The van der Waals surface area contributed by atoms with Crippen LogP contribution in [0.25, 0.3) is 0 Å². The number of Topliss-reactive ketones (excluding diaryl/α,β-unsaturated/α-hetero) is 1. The second-order valence-corrected chi connectivity index (χ2v) is 8.31. The van der Waals surface area contributed by atoms with Crippen LogP contribution in [0, 0.1) is 11.8 Å². The number of carbonyl (C=O) groups excluding carboxylic acids is 4. The number of hydrogen-bond acceptors (Lipinski definition) is 6. The molecule has 5 N–H and O–H groups in total. The fraction of sp³-hybridized carbons (Fsp3) is 0.789. The number of nitrogens with one attached hydrogen (secondary N) is 3. The van der Waals surface area contributed by atoms with Crippen molar-refractivity contribution in [1.29, 1.82) is 0 Å². The van der Waals surface area contributed by atoms with E-state index in [9.17, 15) is 19.2 Å². The summed E-state index contributed by atoms with van der Waals surface area (Å²) < 4.78 is 5.20. The lowest BCUT2D eigenvalue weighted by Gasteiger charge is -2.22. The lowest BCUT2D eigenvalue weighted by atomic mass is 9.93. The van der Waals surface area contributed by atoms with Gasteiger partial charge in [0, 0.05) is 0 Å². The summed E-state index contributed by atoms with van der Waals surface area (Å²) in [6.07, 6.45) is 0.906. The zero-order valence-corrected chi connectivity index (χ0v) is 17.5. The molecule has 0 aromatic heterocycles. The van der Waals surface area contributed by atoms with Crippen LogP contribution >= 0.6 is 0 Å². The maximum Gasteiger partial charge on any atom is 0.243 e. The van der Waals surface area contributed by atoms with E-state index in [1.54, 1.807) is 6.92 Å². The monoisotopic (exact) mass is 398 g/mol. The molecule has 1 aliphatic rings. The van der Waals surface area contributed by atoms with Gasteiger partial charge < -0.3 is 26.4 Å². The van der Waals surface area contributed by atoms with Crippen molar-refractivity contribution in [3.05, 3.63) is 0 Å². The highest BCUT2D eigenvalue weighted by molar-refractivity contribution is 5.97. The van der Waals surface area contributed by atoms with Gasteiger partial charge in [-0.15, -0.1) is 0 Å². The van der Waals surface area contributed by atoms with E-state index in [0.29, 0.717) is 19.4 Å². The van der Waals surface area contributed by atoms with Gasteiger partial charge in [-0.3, -0.25) is 19.2 Å². The zero-order valence-electron chi connectivity index (χ0n) is 17.5. The second-order valence-electron chi connectivity index (χ2n) is 8.31. The number of rotatable bonds is 12. The van der Waals surface area contributed by atoms with Gasteiger partial charge in [-0.25, -0.2) is 0 Å². The van der Waals surface area contributed by atoms with E-state index in [4.69, 9.17) is 10.5 Å². The predicted molar refractivity (Wildman–Crippen MR) is 104 cm³/mol. The molecule has 1 heterocycles. The summed E-state index contributed by atoms with van der Waals surface area (Å²) in [5, 5.41) is 7.77. The van der Waals surface area contributed by atoms with Gasteiger partial charge in [-0.05, 0) is 31.6 Å². The van der Waals surface area contributed by atoms with Crippen LogP contribution in [0.15, 0.2) is 0 Å². The minimum absolute atomic E-state index is 0.159. The van der Waals surface area contributed by atoms with Gasteiger partial charge in [0.25, 0.3) is 0 Å². The first-order valence-electron chi connectivity index (χ1n) is 9.73. The van der Waals surface area contributed by atoms with Gasteiger partial charge in [-0.1, -0.05) is 27.7 Å². The number of amides is 3. The van der Waals surface area contributed by atoms with Crippen LogP contribution in [0.3, 0.4) is 0 Å². The van der Waals surface area contributed by atoms with Crippen LogP contribution in [-0.2, 0) is 23.9 Å². The molecular weight excluding hydrogens is 364 g/mol. The van der Waals surface area contributed by atoms with Gasteiger partial charge in [0.05, 0.1) is 25.7 Å². The highest BCUT2D eigenvalue weighted by atomic mass is 16.6. The Balaban J connectivity index is 2.62. The van der Waals surface area contributed by atoms with Crippen molar-refractivity contribution < 1.29 is 23.9 Å². The molecular formula is C19H34N4O5. The molecule has 0 aliphatic carbocycles. The first-order valence-corrected chi connectivity index (χ1v) is 9.73. The van der Waals surface area contributed by atoms with Crippen LogP contribution in [0.1, 0.15) is 47.5 Å². The van der Waals surface area contributed by atoms with Crippen molar-refractivity contribution in [2.45, 2.75) is 65.1 Å². The highest BCUT2D eigenvalue weighted by Crippen LogP contribution is 2.29. The molecule has 9 nitrogen and oxygen atoms in total. The topological polar surface area (TPSA) is 143 Å². The van der Waals surface area contributed by atoms with E-state index in [1.165, 1.54) is 0 Å². The highest BCUT2D eigenvalue weighted by Gasteiger charge is 2.50. The summed E-state index contributed by atoms with van der Waals surface area (Å²) >= 11 is 0. The van der Waals surface area contributed by atoms with Crippen molar-refractivity contribution in [2.24, 2.45) is 17.6 Å². The molecule has 1 saturated heterocycles. The minimum Gasteiger partial charge on any atom is -0.361 e. The average molecular weight is 399 g/mol. The fourth-order valence-electron chi connectivity index (χ4n) is 2.81. The van der Waals surface area contributed by atoms with Crippen LogP contribution in [-0.4, -0.2) is 60.9 Å². The van der Waals surface area contributed by atoms with Crippen LogP contribution in [0.4, 0.5) is 0 Å². The van der Waals surface area contributed by atoms with Crippen molar-refractivity contribution in [3.63, 3.8) is 0 Å². The molecule has 3 amide bonds. The quantitative estimate of drug-likeness (QED) is 0.326. The maximum absolute atomic E-state index is 12.5. The third-order valence-corrected chi connectivity index (χ3v) is 4.42. The zero-order chi connectivity index (χ0) is 21.5. The summed E-state index contributed by atoms with van der Waals surface area (Å²) in [7, 11) is 0. The molecule has 1 fully saturated rings. The normalized spacial score (nSPS) is 20.4. The average Bonchev–Trinajstić information content (AvgIpc) is 3.35. The summed E-state index contributed by atoms with van der Waals surface area (Å²) in [4.78, 5) is 48.7. The molecule has 3 unspecified atom stereocenters. The SMILES string of the molecule is CC(C)CC(NC(=O)CN)C(=O)NCC(=O)NC(CC(C)C)C(=O)C1(C)CO1. The predicted octanol–water partition coefficient (Wildman–Crippen LogP) is -0.519. The Hall–Kier alpha value is -2.00. The van der Waals surface area contributed by atoms with Gasteiger partial charge in [0.2, 0.25) is 17.7 Å². The Morgan fingerprint density at radius 1 is 0.964 bits per heavy atom. The van der Waals surface area contributed by atoms with Crippen molar-refractivity contribution in [1.82, 2.24) is 16.0 Å². The van der Waals surface area contributed by atoms with Gasteiger partial charge in [0.15, 0.2) is 5.78 Å². The molecule has 0 spiro atoms. The molecule has 3 atom stereocenters. The number of ketones is 1. The maximum atomic E-state index is 12.5. The molecule has 28 heavy (non-hydrogen) atoms. The standard InChI is InChI=1S/C19H34N4O5/c1-11(2)6-13(17(26)19(5)10-28-19)22-16(25)9-21-18(27)14(7-12(3)4)23-15(24)8-20/h11-14H,6-10,20H2,1-5H3,(H,21,27)(H,22,25)(H,23,24). The van der Waals surface area contributed by atoms with Crippen molar-refractivity contribution in [3.8, 4) is 0 Å². The summed E-state index contributed by atoms with van der Waals surface area (Å²) in [5.74, 6) is -1.16.